The molecule has 18 heavy (non-hydrogen) atoms. The van der Waals surface area contributed by atoms with E-state index in [-0.39, 0.29) is 0 Å². The summed E-state index contributed by atoms with van der Waals surface area (Å²) in [6.07, 6.45) is 0. The number of halogens is 1. The molecule has 2 nitrogen and oxygen atoms in total. The van der Waals surface area contributed by atoms with Gasteiger partial charge in [0.2, 0.25) is 0 Å². The van der Waals surface area contributed by atoms with Gasteiger partial charge in [-0.3, -0.25) is 0 Å². The molecule has 0 aliphatic heterocycles. The maximum absolute atomic E-state index is 6.06. The van der Waals surface area contributed by atoms with E-state index in [0.717, 1.165) is 27.8 Å². The van der Waals surface area contributed by atoms with Crippen LogP contribution >= 0.6 is 11.6 Å². The lowest BCUT2D eigenvalue weighted by Gasteiger charge is -2.06. The van der Waals surface area contributed by atoms with E-state index in [0.29, 0.717) is 5.02 Å². The minimum absolute atomic E-state index is 0.666. The summed E-state index contributed by atoms with van der Waals surface area (Å²) in [5.74, 6) is 0. The van der Waals surface area contributed by atoms with Gasteiger partial charge in [0.05, 0.1) is 11.2 Å². The number of hydrogen-bond donors (Lipinski definition) is 1. The molecule has 0 atom stereocenters. The number of nitrogen functional groups attached to an aromatic ring is 1. The topological polar surface area (TPSA) is 38.9 Å². The van der Waals surface area contributed by atoms with Crippen molar-refractivity contribution in [3.63, 3.8) is 0 Å². The van der Waals surface area contributed by atoms with Crippen molar-refractivity contribution in [2.75, 3.05) is 5.73 Å². The van der Waals surface area contributed by atoms with Crippen LogP contribution in [0.4, 0.5) is 5.69 Å². The zero-order valence-electron chi connectivity index (χ0n) is 9.60. The first kappa shape index (κ1) is 11.1. The molecule has 0 aliphatic rings. The van der Waals surface area contributed by atoms with E-state index in [1.54, 1.807) is 0 Å². The number of rotatable bonds is 1. The number of nitrogens with zero attached hydrogens (tertiary/aromatic N) is 1. The highest BCUT2D eigenvalue weighted by Crippen LogP contribution is 2.27. The van der Waals surface area contributed by atoms with Crippen LogP contribution in [0.1, 0.15) is 0 Å². The molecule has 2 aromatic carbocycles. The van der Waals surface area contributed by atoms with Crippen LogP contribution in [0.3, 0.4) is 0 Å². The highest BCUT2D eigenvalue weighted by molar-refractivity contribution is 6.31. The average molecular weight is 255 g/mol. The second kappa shape index (κ2) is 4.31. The molecule has 3 aromatic rings. The first-order valence-corrected chi connectivity index (χ1v) is 6.03. The zero-order chi connectivity index (χ0) is 12.5. The molecule has 0 saturated carbocycles. The van der Waals surface area contributed by atoms with E-state index < -0.39 is 0 Å². The predicted molar refractivity (Wildman–Crippen MR) is 76.6 cm³/mol. The molecule has 3 heteroatoms. The van der Waals surface area contributed by atoms with Crippen molar-refractivity contribution in [2.45, 2.75) is 0 Å². The van der Waals surface area contributed by atoms with Gasteiger partial charge in [-0.05, 0) is 24.3 Å². The van der Waals surface area contributed by atoms with E-state index in [4.69, 9.17) is 17.3 Å². The molecule has 1 heterocycles. The van der Waals surface area contributed by atoms with Crippen molar-refractivity contribution in [1.82, 2.24) is 4.98 Å². The Balaban J connectivity index is 2.27. The Labute approximate surface area is 110 Å². The second-order valence-corrected chi connectivity index (χ2v) is 4.56. The standard InChI is InChI=1S/C15H11ClN2/c16-11-6-7-12-13(17)9-14(18-15(12)8-11)10-4-2-1-3-5-10/h1-9H,(H2,17,18). The molecule has 1 aromatic heterocycles. The van der Waals surface area contributed by atoms with Gasteiger partial charge in [-0.15, -0.1) is 0 Å². The number of pyridine rings is 1. The van der Waals surface area contributed by atoms with Crippen molar-refractivity contribution in [3.05, 3.63) is 59.6 Å². The molecule has 0 spiro atoms. The van der Waals surface area contributed by atoms with Crippen LogP contribution in [0, 0.1) is 0 Å². The Hall–Kier alpha value is -2.06. The van der Waals surface area contributed by atoms with E-state index in [9.17, 15) is 0 Å². The summed E-state index contributed by atoms with van der Waals surface area (Å²) in [6.45, 7) is 0. The third kappa shape index (κ3) is 1.91. The highest BCUT2D eigenvalue weighted by atomic mass is 35.5. The third-order valence-electron chi connectivity index (χ3n) is 2.87. The molecule has 0 aliphatic carbocycles. The van der Waals surface area contributed by atoms with Gasteiger partial charge in [0, 0.05) is 21.7 Å². The number of fused-ring (bicyclic) bond motifs is 1. The van der Waals surface area contributed by atoms with E-state index in [1.165, 1.54) is 0 Å². The number of benzene rings is 2. The predicted octanol–water partition coefficient (Wildman–Crippen LogP) is 4.14. The van der Waals surface area contributed by atoms with Gasteiger partial charge in [0.15, 0.2) is 0 Å². The largest absolute Gasteiger partial charge is 0.398 e. The molecule has 0 radical (unpaired) electrons. The lowest BCUT2D eigenvalue weighted by molar-refractivity contribution is 1.40. The number of aromatic nitrogens is 1. The molecule has 3 rings (SSSR count). The number of nitrogens with two attached hydrogens (primary N) is 1. The Morgan fingerprint density at radius 3 is 2.50 bits per heavy atom. The van der Waals surface area contributed by atoms with Gasteiger partial charge in [-0.2, -0.15) is 0 Å². The zero-order valence-corrected chi connectivity index (χ0v) is 10.4. The minimum atomic E-state index is 0.666. The van der Waals surface area contributed by atoms with Crippen LogP contribution in [0.2, 0.25) is 5.02 Å². The quantitative estimate of drug-likeness (QED) is 0.709. The van der Waals surface area contributed by atoms with Crippen LogP contribution in [0.15, 0.2) is 54.6 Å². The van der Waals surface area contributed by atoms with Crippen molar-refractivity contribution in [1.29, 1.82) is 0 Å². The maximum Gasteiger partial charge on any atom is 0.0745 e. The van der Waals surface area contributed by atoms with E-state index in [2.05, 4.69) is 4.98 Å². The summed E-state index contributed by atoms with van der Waals surface area (Å²) in [6, 6.07) is 17.4. The van der Waals surface area contributed by atoms with Crippen LogP contribution in [0.25, 0.3) is 22.2 Å². The van der Waals surface area contributed by atoms with Crippen LogP contribution in [0.5, 0.6) is 0 Å². The summed E-state index contributed by atoms with van der Waals surface area (Å²) >= 11 is 5.99. The minimum Gasteiger partial charge on any atom is -0.398 e. The Kier molecular flexibility index (Phi) is 2.65. The molecule has 2 N–H and O–H groups in total. The van der Waals surface area contributed by atoms with Crippen molar-refractivity contribution in [3.8, 4) is 11.3 Å². The fraction of sp³-hybridized carbons (Fsp3) is 0. The monoisotopic (exact) mass is 254 g/mol. The van der Waals surface area contributed by atoms with Crippen LogP contribution in [-0.2, 0) is 0 Å². The van der Waals surface area contributed by atoms with E-state index in [1.807, 2.05) is 54.6 Å². The lowest BCUT2D eigenvalue weighted by atomic mass is 10.1. The molecule has 88 valence electrons. The normalized spacial score (nSPS) is 10.7. The summed E-state index contributed by atoms with van der Waals surface area (Å²) in [5, 5.41) is 1.60. The van der Waals surface area contributed by atoms with Crippen LogP contribution < -0.4 is 5.73 Å². The molecular formula is C15H11ClN2. The molecule has 0 amide bonds. The van der Waals surface area contributed by atoms with E-state index >= 15 is 0 Å². The van der Waals surface area contributed by atoms with Gasteiger partial charge in [-0.1, -0.05) is 41.9 Å². The maximum atomic E-state index is 6.06. The highest BCUT2D eigenvalue weighted by Gasteiger charge is 2.05. The smallest absolute Gasteiger partial charge is 0.0745 e. The number of hydrogen-bond acceptors (Lipinski definition) is 2. The van der Waals surface area contributed by atoms with Gasteiger partial charge < -0.3 is 5.73 Å². The molecular weight excluding hydrogens is 244 g/mol. The Bertz CT molecular complexity index is 708. The third-order valence-corrected chi connectivity index (χ3v) is 3.11. The summed E-state index contributed by atoms with van der Waals surface area (Å²) in [4.78, 5) is 4.60. The Morgan fingerprint density at radius 2 is 1.72 bits per heavy atom. The first-order valence-electron chi connectivity index (χ1n) is 5.65. The summed E-state index contributed by atoms with van der Waals surface area (Å²) in [7, 11) is 0. The molecule has 0 bridgehead atoms. The molecule has 0 fully saturated rings. The average Bonchev–Trinajstić information content (AvgIpc) is 2.39. The Morgan fingerprint density at radius 1 is 0.944 bits per heavy atom. The SMILES string of the molecule is Nc1cc(-c2ccccc2)nc2cc(Cl)ccc12. The lowest BCUT2D eigenvalue weighted by Crippen LogP contribution is -1.92. The molecule has 0 unspecified atom stereocenters. The fourth-order valence-electron chi connectivity index (χ4n) is 1.99. The first-order chi connectivity index (χ1) is 8.74. The van der Waals surface area contributed by atoms with Crippen molar-refractivity contribution >= 4 is 28.2 Å². The van der Waals surface area contributed by atoms with Crippen molar-refractivity contribution in [2.24, 2.45) is 0 Å². The molecule has 0 saturated heterocycles. The summed E-state index contributed by atoms with van der Waals surface area (Å²) in [5.41, 5.74) is 9.51. The second-order valence-electron chi connectivity index (χ2n) is 4.12. The van der Waals surface area contributed by atoms with Crippen molar-refractivity contribution < 1.29 is 0 Å². The van der Waals surface area contributed by atoms with Gasteiger partial charge >= 0.3 is 0 Å². The fourth-order valence-corrected chi connectivity index (χ4v) is 2.15. The van der Waals surface area contributed by atoms with Gasteiger partial charge in [-0.25, -0.2) is 4.98 Å². The van der Waals surface area contributed by atoms with Crippen LogP contribution in [-0.4, -0.2) is 4.98 Å². The van der Waals surface area contributed by atoms with Gasteiger partial charge in [0.1, 0.15) is 0 Å². The van der Waals surface area contributed by atoms with Gasteiger partial charge in [0.25, 0.3) is 0 Å². The summed E-state index contributed by atoms with van der Waals surface area (Å²) < 4.78 is 0. The number of anilines is 1.